The predicted molar refractivity (Wildman–Crippen MR) is 155 cm³/mol. The lowest BCUT2D eigenvalue weighted by Gasteiger charge is -2.35. The highest BCUT2D eigenvalue weighted by Crippen LogP contribution is 2.34. The van der Waals surface area contributed by atoms with E-state index in [9.17, 15) is 31.9 Å². The van der Waals surface area contributed by atoms with Crippen molar-refractivity contribution in [1.29, 1.82) is 0 Å². The van der Waals surface area contributed by atoms with Crippen LogP contribution >= 0.6 is 0 Å². The molecule has 3 amide bonds. The van der Waals surface area contributed by atoms with Crippen molar-refractivity contribution < 1.29 is 46.2 Å². The van der Waals surface area contributed by atoms with E-state index in [2.05, 4.69) is 16.0 Å². The second-order valence-electron chi connectivity index (χ2n) is 13.3. The molecule has 1 aromatic rings. The summed E-state index contributed by atoms with van der Waals surface area (Å²) in [5.74, 6) is -5.81. The summed E-state index contributed by atoms with van der Waals surface area (Å²) in [6, 6.07) is 6.23. The van der Waals surface area contributed by atoms with Gasteiger partial charge in [-0.1, -0.05) is 30.3 Å². The predicted octanol–water partition coefficient (Wildman–Crippen LogP) is 6.02. The topological polar surface area (TPSA) is 141 Å². The molecule has 0 unspecified atom stereocenters. The van der Waals surface area contributed by atoms with Crippen molar-refractivity contribution in [1.82, 2.24) is 16.0 Å². The molecule has 4 atom stereocenters. The summed E-state index contributed by atoms with van der Waals surface area (Å²) in [7, 11) is 0. The smallest absolute Gasteiger partial charge is 0.407 e. The van der Waals surface area contributed by atoms with Crippen LogP contribution in [-0.4, -0.2) is 65.5 Å². The van der Waals surface area contributed by atoms with E-state index in [0.717, 1.165) is 5.56 Å². The number of ether oxygens (including phenoxy) is 3. The SMILES string of the molecule is CC(C)(C)OC(=O)N[C@@H]1C[C@H](N)CC(F)(F)C1.CC(C)(C)OC(=O)N[C@@H]1C[C@H](NC(=O)OCc2ccccc2)CC(F)(F)C1. The van der Waals surface area contributed by atoms with Crippen molar-refractivity contribution >= 4 is 18.3 Å². The number of nitrogens with two attached hydrogens (primary N) is 1. The molecule has 0 bridgehead atoms. The minimum absolute atomic E-state index is 0.0510. The Balaban J connectivity index is 0.000000342. The first kappa shape index (κ1) is 36.9. The number of benzene rings is 1. The molecule has 5 N–H and O–H groups in total. The van der Waals surface area contributed by atoms with Gasteiger partial charge in [0, 0.05) is 49.9 Å². The van der Waals surface area contributed by atoms with E-state index >= 15 is 0 Å². The fraction of sp³-hybridized carbons (Fsp3) is 0.700. The Morgan fingerprint density at radius 2 is 1.14 bits per heavy atom. The maximum Gasteiger partial charge on any atom is 0.407 e. The molecule has 3 rings (SSSR count). The highest BCUT2D eigenvalue weighted by Gasteiger charge is 2.43. The summed E-state index contributed by atoms with van der Waals surface area (Å²) in [6.45, 7) is 10.3. The molecule has 0 saturated heterocycles. The molecule has 2 aliphatic carbocycles. The van der Waals surface area contributed by atoms with Crippen LogP contribution in [0.5, 0.6) is 0 Å². The molecular formula is C30H46F4N4O6. The summed E-state index contributed by atoms with van der Waals surface area (Å²) in [6.07, 6.45) is -3.35. The number of carbonyl (C=O) groups is 3. The fourth-order valence-corrected chi connectivity index (χ4v) is 4.88. The second-order valence-corrected chi connectivity index (χ2v) is 13.3. The van der Waals surface area contributed by atoms with Gasteiger partial charge in [-0.25, -0.2) is 31.9 Å². The molecule has 0 heterocycles. The van der Waals surface area contributed by atoms with E-state index < -0.39 is 78.3 Å². The van der Waals surface area contributed by atoms with E-state index in [4.69, 9.17) is 19.9 Å². The van der Waals surface area contributed by atoms with Gasteiger partial charge in [-0.05, 0) is 59.9 Å². The van der Waals surface area contributed by atoms with Crippen LogP contribution in [0.1, 0.15) is 85.6 Å². The van der Waals surface area contributed by atoms with Crippen molar-refractivity contribution in [2.75, 3.05) is 0 Å². The van der Waals surface area contributed by atoms with Gasteiger partial charge in [0.15, 0.2) is 0 Å². The number of rotatable bonds is 5. The minimum Gasteiger partial charge on any atom is -0.445 e. The molecule has 0 radical (unpaired) electrons. The van der Waals surface area contributed by atoms with Gasteiger partial charge in [0.1, 0.15) is 17.8 Å². The number of alkyl carbamates (subject to hydrolysis) is 3. The van der Waals surface area contributed by atoms with Crippen LogP contribution in [0.15, 0.2) is 30.3 Å². The minimum atomic E-state index is -3.00. The number of alkyl halides is 4. The number of carbonyl (C=O) groups excluding carboxylic acids is 3. The molecule has 1 aromatic carbocycles. The van der Waals surface area contributed by atoms with Crippen LogP contribution in [0.3, 0.4) is 0 Å². The number of hydrogen-bond donors (Lipinski definition) is 4. The number of halogens is 4. The summed E-state index contributed by atoms with van der Waals surface area (Å²) >= 11 is 0. The van der Waals surface area contributed by atoms with E-state index in [1.807, 2.05) is 18.2 Å². The van der Waals surface area contributed by atoms with Crippen LogP contribution in [0.4, 0.5) is 31.9 Å². The summed E-state index contributed by atoms with van der Waals surface area (Å²) in [5, 5.41) is 7.36. The molecule has 0 aromatic heterocycles. The number of nitrogens with one attached hydrogen (secondary N) is 3. The fourth-order valence-electron chi connectivity index (χ4n) is 4.88. The van der Waals surface area contributed by atoms with Gasteiger partial charge in [-0.3, -0.25) is 0 Å². The lowest BCUT2D eigenvalue weighted by atomic mass is 9.88. The van der Waals surface area contributed by atoms with E-state index in [0.29, 0.717) is 6.42 Å². The van der Waals surface area contributed by atoms with Crippen molar-refractivity contribution in [3.05, 3.63) is 35.9 Å². The van der Waals surface area contributed by atoms with Gasteiger partial charge < -0.3 is 35.9 Å². The van der Waals surface area contributed by atoms with Crippen LogP contribution in [0, 0.1) is 0 Å². The number of amides is 3. The number of hydrogen-bond acceptors (Lipinski definition) is 7. The molecule has 44 heavy (non-hydrogen) atoms. The largest absolute Gasteiger partial charge is 0.445 e. The van der Waals surface area contributed by atoms with Gasteiger partial charge in [0.25, 0.3) is 11.8 Å². The maximum atomic E-state index is 14.0. The Hall–Kier alpha value is -3.29. The molecule has 0 spiro atoms. The molecule has 2 aliphatic rings. The molecule has 2 saturated carbocycles. The van der Waals surface area contributed by atoms with Gasteiger partial charge in [0.05, 0.1) is 0 Å². The van der Waals surface area contributed by atoms with Crippen LogP contribution in [-0.2, 0) is 20.8 Å². The van der Waals surface area contributed by atoms with Crippen LogP contribution in [0.2, 0.25) is 0 Å². The first-order valence-electron chi connectivity index (χ1n) is 14.6. The first-order chi connectivity index (χ1) is 20.1. The maximum absolute atomic E-state index is 14.0. The second kappa shape index (κ2) is 15.1. The Morgan fingerprint density at radius 1 is 0.727 bits per heavy atom. The summed E-state index contributed by atoms with van der Waals surface area (Å²) in [5.41, 5.74) is 4.97. The Labute approximate surface area is 256 Å². The van der Waals surface area contributed by atoms with E-state index in [1.54, 1.807) is 53.7 Å². The van der Waals surface area contributed by atoms with Gasteiger partial charge in [-0.15, -0.1) is 0 Å². The van der Waals surface area contributed by atoms with E-state index in [1.165, 1.54) is 0 Å². The third-order valence-corrected chi connectivity index (χ3v) is 6.33. The Kier molecular flexibility index (Phi) is 12.7. The normalized spacial score (nSPS) is 24.4. The molecule has 10 nitrogen and oxygen atoms in total. The van der Waals surface area contributed by atoms with Crippen LogP contribution < -0.4 is 21.7 Å². The lowest BCUT2D eigenvalue weighted by Crippen LogP contribution is -2.52. The molecule has 250 valence electrons. The highest BCUT2D eigenvalue weighted by atomic mass is 19.3. The first-order valence-corrected chi connectivity index (χ1v) is 14.6. The van der Waals surface area contributed by atoms with E-state index in [-0.39, 0.29) is 25.9 Å². The lowest BCUT2D eigenvalue weighted by molar-refractivity contribution is -0.0548. The zero-order chi connectivity index (χ0) is 33.3. The Bertz CT molecular complexity index is 1100. The van der Waals surface area contributed by atoms with Crippen molar-refractivity contribution in [2.24, 2.45) is 5.73 Å². The van der Waals surface area contributed by atoms with Crippen LogP contribution in [0.25, 0.3) is 0 Å². The van der Waals surface area contributed by atoms with Crippen molar-refractivity contribution in [3.8, 4) is 0 Å². The quantitative estimate of drug-likeness (QED) is 0.229. The third kappa shape index (κ3) is 15.4. The Morgan fingerprint density at radius 3 is 1.57 bits per heavy atom. The molecule has 0 aliphatic heterocycles. The van der Waals surface area contributed by atoms with Crippen molar-refractivity contribution in [3.63, 3.8) is 0 Å². The van der Waals surface area contributed by atoms with Crippen molar-refractivity contribution in [2.45, 2.75) is 134 Å². The molecular weight excluding hydrogens is 588 g/mol. The average molecular weight is 635 g/mol. The monoisotopic (exact) mass is 634 g/mol. The third-order valence-electron chi connectivity index (χ3n) is 6.33. The molecule has 2 fully saturated rings. The zero-order valence-corrected chi connectivity index (χ0v) is 26.2. The average Bonchev–Trinajstić information content (AvgIpc) is 2.79. The standard InChI is InChI=1S/C19H26F2N2O4.C11H20F2N2O2/c1-18(2,3)27-17(25)23-15-9-14(10-19(20,21)11-15)22-16(24)26-12-13-7-5-4-6-8-13;1-10(2,3)17-9(16)15-8-4-7(14)5-11(12,13)6-8/h4-8,14-15H,9-12H2,1-3H3,(H,22,24)(H,23,25);7-8H,4-6,14H2,1-3H3,(H,15,16)/t14-,15+;7-,8+/m00/s1. The van der Waals surface area contributed by atoms with Gasteiger partial charge >= 0.3 is 18.3 Å². The summed E-state index contributed by atoms with van der Waals surface area (Å²) < 4.78 is 69.6. The van der Waals surface area contributed by atoms with Gasteiger partial charge in [-0.2, -0.15) is 0 Å². The zero-order valence-electron chi connectivity index (χ0n) is 26.2. The molecule has 14 heteroatoms. The summed E-state index contributed by atoms with van der Waals surface area (Å²) in [4.78, 5) is 35.2. The van der Waals surface area contributed by atoms with Gasteiger partial charge in [0.2, 0.25) is 0 Å². The highest BCUT2D eigenvalue weighted by molar-refractivity contribution is 5.69.